The van der Waals surface area contributed by atoms with Gasteiger partial charge >= 0.3 is 5.97 Å². The summed E-state index contributed by atoms with van der Waals surface area (Å²) in [6, 6.07) is 4.09. The molecular weight excluding hydrogens is 144 g/mol. The Bertz CT molecular complexity index is 351. The Hall–Kier alpha value is -1.58. The molecule has 0 saturated heterocycles. The highest BCUT2D eigenvalue weighted by molar-refractivity contribution is 5.85. The van der Waals surface area contributed by atoms with Crippen LogP contribution in [-0.4, -0.2) is 23.0 Å². The van der Waals surface area contributed by atoms with Crippen molar-refractivity contribution in [1.82, 2.24) is 4.98 Å². The summed E-state index contributed by atoms with van der Waals surface area (Å²) in [6.45, 7) is -2.37. The zero-order chi connectivity index (χ0) is 10.8. The van der Waals surface area contributed by atoms with E-state index in [9.17, 15) is 4.79 Å². The van der Waals surface area contributed by atoms with Crippen molar-refractivity contribution >= 4 is 11.8 Å². The summed E-state index contributed by atoms with van der Waals surface area (Å²) in [5.41, 5.74) is -0.195. The van der Waals surface area contributed by atoms with Crippen molar-refractivity contribution < 1.29 is 14.0 Å². The van der Waals surface area contributed by atoms with Gasteiger partial charge in [-0.3, -0.25) is 0 Å². The molecule has 0 saturated carbocycles. The van der Waals surface area contributed by atoms with Gasteiger partial charge in [0.25, 0.3) is 0 Å². The molecule has 0 radical (unpaired) electrons. The normalized spacial score (nSPS) is 14.4. The lowest BCUT2D eigenvalue weighted by Gasteiger charge is -1.98. The van der Waals surface area contributed by atoms with Crippen LogP contribution in [0.3, 0.4) is 0 Å². The van der Waals surface area contributed by atoms with E-state index in [0.29, 0.717) is 0 Å². The van der Waals surface area contributed by atoms with E-state index in [4.69, 9.17) is 9.22 Å². The average molecular weight is 155 g/mol. The first-order chi connectivity index (χ1) is 6.38. The van der Waals surface area contributed by atoms with Crippen LogP contribution < -0.4 is 5.32 Å². The summed E-state index contributed by atoms with van der Waals surface area (Å²) in [4.78, 5) is 14.1. The van der Waals surface area contributed by atoms with E-state index in [-0.39, 0.29) is 11.5 Å². The minimum Gasteiger partial charge on any atom is -0.477 e. The molecule has 0 bridgehead atoms. The fourth-order valence-electron chi connectivity index (χ4n) is 0.623. The number of carboxylic acid groups (broad SMARTS) is 1. The number of aromatic carboxylic acids is 1. The Morgan fingerprint density at radius 1 is 1.82 bits per heavy atom. The molecule has 2 N–H and O–H groups in total. The maximum Gasteiger partial charge on any atom is 0.354 e. The fourth-order valence-corrected chi connectivity index (χ4v) is 0.623. The fraction of sp³-hybridized carbons (Fsp3) is 0.143. The first-order valence-corrected chi connectivity index (χ1v) is 2.87. The van der Waals surface area contributed by atoms with E-state index in [2.05, 4.69) is 10.3 Å². The SMILES string of the molecule is [2H]C([2H])([2H])Nc1cccc(C(=O)O)n1. The molecule has 1 aromatic heterocycles. The average Bonchev–Trinajstić information content (AvgIpc) is 2.01. The summed E-state index contributed by atoms with van der Waals surface area (Å²) < 4.78 is 20.6. The van der Waals surface area contributed by atoms with Crippen molar-refractivity contribution in [3.63, 3.8) is 0 Å². The Labute approximate surface area is 68.1 Å². The first kappa shape index (κ1) is 4.33. The van der Waals surface area contributed by atoms with Gasteiger partial charge in [-0.1, -0.05) is 6.07 Å². The lowest BCUT2D eigenvalue weighted by Crippen LogP contribution is -2.02. The second-order valence-corrected chi connectivity index (χ2v) is 1.84. The van der Waals surface area contributed by atoms with E-state index in [1.54, 1.807) is 0 Å². The molecule has 1 rings (SSSR count). The van der Waals surface area contributed by atoms with Crippen molar-refractivity contribution in [2.24, 2.45) is 0 Å². The Morgan fingerprint density at radius 2 is 2.64 bits per heavy atom. The molecule has 0 atom stereocenters. The number of rotatable bonds is 2. The Morgan fingerprint density at radius 3 is 3.27 bits per heavy atom. The molecule has 4 heteroatoms. The number of carbonyl (C=O) groups is 1. The standard InChI is InChI=1S/C7H8N2O2/c1-8-6-4-2-3-5(9-6)7(10)11/h2-4H,1H3,(H,8,9)(H,10,11)/i1D3. The van der Waals surface area contributed by atoms with Gasteiger partial charge in [-0.15, -0.1) is 0 Å². The van der Waals surface area contributed by atoms with E-state index in [1.807, 2.05) is 0 Å². The molecule has 0 fully saturated rings. The van der Waals surface area contributed by atoms with Gasteiger partial charge in [-0.2, -0.15) is 0 Å². The Balaban J connectivity index is 2.89. The second kappa shape index (κ2) is 3.01. The van der Waals surface area contributed by atoms with Crippen molar-refractivity contribution in [2.45, 2.75) is 0 Å². The van der Waals surface area contributed by atoms with Crippen LogP contribution in [0.15, 0.2) is 18.2 Å². The van der Waals surface area contributed by atoms with Gasteiger partial charge in [-0.05, 0) is 12.1 Å². The predicted octanol–water partition coefficient (Wildman–Crippen LogP) is 0.821. The van der Waals surface area contributed by atoms with Gasteiger partial charge in [0.2, 0.25) is 0 Å². The largest absolute Gasteiger partial charge is 0.477 e. The van der Waals surface area contributed by atoms with Gasteiger partial charge < -0.3 is 10.4 Å². The second-order valence-electron chi connectivity index (χ2n) is 1.84. The third kappa shape index (κ3) is 1.67. The molecule has 0 unspecified atom stereocenters. The summed E-state index contributed by atoms with van der Waals surface area (Å²) in [6.07, 6.45) is 0. The maximum atomic E-state index is 10.5. The van der Waals surface area contributed by atoms with E-state index < -0.39 is 12.9 Å². The van der Waals surface area contributed by atoms with Gasteiger partial charge in [-0.25, -0.2) is 9.78 Å². The van der Waals surface area contributed by atoms with E-state index >= 15 is 0 Å². The lowest BCUT2D eigenvalue weighted by molar-refractivity contribution is 0.0690. The highest BCUT2D eigenvalue weighted by atomic mass is 16.4. The number of nitrogens with one attached hydrogen (secondary N) is 1. The monoisotopic (exact) mass is 155 g/mol. The third-order valence-electron chi connectivity index (χ3n) is 1.10. The Kier molecular flexibility index (Phi) is 1.18. The molecule has 1 heterocycles. The predicted molar refractivity (Wildman–Crippen MR) is 40.7 cm³/mol. The number of hydrogen-bond acceptors (Lipinski definition) is 3. The van der Waals surface area contributed by atoms with Gasteiger partial charge in [0.15, 0.2) is 5.69 Å². The molecule has 0 spiro atoms. The van der Waals surface area contributed by atoms with Crippen LogP contribution in [0.25, 0.3) is 0 Å². The van der Waals surface area contributed by atoms with E-state index in [0.717, 1.165) is 0 Å². The highest BCUT2D eigenvalue weighted by Gasteiger charge is 2.02. The molecule has 0 amide bonds. The molecule has 0 aliphatic carbocycles. The minimum absolute atomic E-state index is 0.0184. The zero-order valence-corrected chi connectivity index (χ0v) is 5.53. The number of nitrogens with zero attached hydrogens (tertiary/aromatic N) is 1. The summed E-state index contributed by atoms with van der Waals surface area (Å²) in [7, 11) is 0. The number of pyridine rings is 1. The topological polar surface area (TPSA) is 62.2 Å². The molecule has 4 nitrogen and oxygen atoms in total. The number of anilines is 1. The van der Waals surface area contributed by atoms with Crippen LogP contribution in [0.2, 0.25) is 0 Å². The molecule has 0 aromatic carbocycles. The van der Waals surface area contributed by atoms with Crippen molar-refractivity contribution in [3.8, 4) is 0 Å². The molecular formula is C7H8N2O2. The summed E-state index contributed by atoms with van der Waals surface area (Å²) in [5.74, 6) is -1.18. The number of carboxylic acids is 1. The third-order valence-corrected chi connectivity index (χ3v) is 1.10. The van der Waals surface area contributed by atoms with Crippen LogP contribution in [0.5, 0.6) is 0 Å². The van der Waals surface area contributed by atoms with Gasteiger partial charge in [0, 0.05) is 11.1 Å². The van der Waals surface area contributed by atoms with E-state index in [1.165, 1.54) is 18.2 Å². The van der Waals surface area contributed by atoms with Crippen LogP contribution in [0.1, 0.15) is 14.6 Å². The summed E-state index contributed by atoms with van der Waals surface area (Å²) >= 11 is 0. The van der Waals surface area contributed by atoms with Gasteiger partial charge in [0.1, 0.15) is 5.82 Å². The van der Waals surface area contributed by atoms with Crippen LogP contribution in [0, 0.1) is 0 Å². The van der Waals surface area contributed by atoms with Crippen molar-refractivity contribution in [1.29, 1.82) is 0 Å². The minimum atomic E-state index is -2.37. The number of hydrogen-bond donors (Lipinski definition) is 2. The number of aromatic nitrogens is 1. The molecule has 11 heavy (non-hydrogen) atoms. The molecule has 0 aliphatic heterocycles. The quantitative estimate of drug-likeness (QED) is 0.663. The summed E-state index contributed by atoms with van der Waals surface area (Å²) in [5, 5.41) is 10.7. The molecule has 58 valence electrons. The van der Waals surface area contributed by atoms with Crippen LogP contribution >= 0.6 is 0 Å². The highest BCUT2D eigenvalue weighted by Crippen LogP contribution is 2.02. The zero-order valence-electron chi connectivity index (χ0n) is 8.53. The van der Waals surface area contributed by atoms with Gasteiger partial charge in [0.05, 0.1) is 0 Å². The molecule has 1 aromatic rings. The smallest absolute Gasteiger partial charge is 0.354 e. The molecule has 0 aliphatic rings. The van der Waals surface area contributed by atoms with Crippen LogP contribution in [-0.2, 0) is 0 Å². The first-order valence-electron chi connectivity index (χ1n) is 4.37. The maximum absolute atomic E-state index is 10.5. The van der Waals surface area contributed by atoms with Crippen molar-refractivity contribution in [2.75, 3.05) is 12.3 Å². The van der Waals surface area contributed by atoms with Crippen LogP contribution in [0.4, 0.5) is 5.82 Å². The lowest BCUT2D eigenvalue weighted by atomic mass is 10.3. The van der Waals surface area contributed by atoms with Crippen molar-refractivity contribution in [3.05, 3.63) is 23.9 Å².